The van der Waals surface area contributed by atoms with E-state index in [-0.39, 0.29) is 23.8 Å². The van der Waals surface area contributed by atoms with Crippen molar-refractivity contribution >= 4 is 27.4 Å². The Labute approximate surface area is 162 Å². The molecule has 1 N–H and O–H groups in total. The van der Waals surface area contributed by atoms with Gasteiger partial charge in [-0.25, -0.2) is 27.6 Å². The quantitative estimate of drug-likeness (QED) is 0.813. The Morgan fingerprint density at radius 1 is 1.36 bits per heavy atom. The topological polar surface area (TPSA) is 106 Å². The molecule has 11 heteroatoms. The van der Waals surface area contributed by atoms with Crippen molar-refractivity contribution < 1.29 is 22.3 Å². The van der Waals surface area contributed by atoms with Crippen LogP contribution in [0.5, 0.6) is 0 Å². The summed E-state index contributed by atoms with van der Waals surface area (Å²) in [6, 6.07) is -0.794. The molecule has 1 fully saturated rings. The number of aryl methyl sites for hydroxylation is 1. The van der Waals surface area contributed by atoms with Gasteiger partial charge in [0.1, 0.15) is 17.6 Å². The van der Waals surface area contributed by atoms with Crippen molar-refractivity contribution in [3.8, 4) is 0 Å². The average Bonchev–Trinajstić information content (AvgIpc) is 3.08. The molecule has 9 nitrogen and oxygen atoms in total. The van der Waals surface area contributed by atoms with Gasteiger partial charge in [-0.15, -0.1) is 0 Å². The highest BCUT2D eigenvalue weighted by Crippen LogP contribution is 2.25. The lowest BCUT2D eigenvalue weighted by atomic mass is 10.2. The number of alkyl halides is 1. The molecular formula is C17H24FN5O4S. The number of ether oxygens (including phenoxy) is 1. The van der Waals surface area contributed by atoms with E-state index in [0.717, 1.165) is 11.9 Å². The van der Waals surface area contributed by atoms with Crippen LogP contribution >= 0.6 is 0 Å². The normalized spacial score (nSPS) is 20.6. The van der Waals surface area contributed by atoms with Gasteiger partial charge in [0.05, 0.1) is 18.8 Å². The monoisotopic (exact) mass is 413 g/mol. The Hall–Kier alpha value is -2.43. The van der Waals surface area contributed by atoms with E-state index in [2.05, 4.69) is 15.3 Å². The summed E-state index contributed by atoms with van der Waals surface area (Å²) in [6.45, 7) is 7.05. The van der Waals surface area contributed by atoms with E-state index < -0.39 is 33.7 Å². The number of nitrogens with one attached hydrogen (secondary N) is 1. The molecule has 0 unspecified atom stereocenters. The van der Waals surface area contributed by atoms with E-state index in [9.17, 15) is 17.6 Å². The number of fused-ring (bicyclic) bond motifs is 1. The molecular weight excluding hydrogens is 389 g/mol. The summed E-state index contributed by atoms with van der Waals surface area (Å²) >= 11 is 0. The van der Waals surface area contributed by atoms with Gasteiger partial charge in [-0.3, -0.25) is 4.40 Å². The van der Waals surface area contributed by atoms with Gasteiger partial charge in [0.2, 0.25) is 5.03 Å². The Balaban J connectivity index is 1.87. The van der Waals surface area contributed by atoms with Crippen LogP contribution in [0.4, 0.5) is 15.0 Å². The summed E-state index contributed by atoms with van der Waals surface area (Å²) in [5, 5.41) is 2.36. The smallest absolute Gasteiger partial charge is 0.408 e. The third-order valence-corrected chi connectivity index (χ3v) is 5.24. The molecule has 2 aromatic rings. The van der Waals surface area contributed by atoms with Crippen molar-refractivity contribution in [1.82, 2.24) is 19.7 Å². The number of hydrogen-bond acceptors (Lipinski definition) is 7. The Bertz CT molecular complexity index is 1010. The van der Waals surface area contributed by atoms with Crippen LogP contribution < -0.4 is 10.2 Å². The van der Waals surface area contributed by atoms with Crippen LogP contribution in [-0.2, 0) is 14.6 Å². The first kappa shape index (κ1) is 20.3. The number of nitrogens with zero attached hydrogens (tertiary/aromatic N) is 4. The van der Waals surface area contributed by atoms with Crippen LogP contribution in [-0.4, -0.2) is 66.0 Å². The number of carbonyl (C=O) groups excluding carboxylic acids is 1. The summed E-state index contributed by atoms with van der Waals surface area (Å²) < 4.78 is 45.6. The first-order chi connectivity index (χ1) is 12.8. The standard InChI is InChI=1S/C17H24FN5O4S/c1-10-6-19-14-15(28(5,25)26)21-13(9-23(10)14)22-7-11(18)12(8-22)20-16(24)27-17(2,3)4/h6,9,11-12H,7-8H2,1-5H3,(H,20,24)/t11-,12-/m1/s1. The number of imidazole rings is 1. The largest absolute Gasteiger partial charge is 0.444 e. The predicted molar refractivity (Wildman–Crippen MR) is 101 cm³/mol. The van der Waals surface area contributed by atoms with Gasteiger partial charge in [-0.1, -0.05) is 0 Å². The van der Waals surface area contributed by atoms with Crippen LogP contribution in [0.1, 0.15) is 26.5 Å². The number of rotatable bonds is 3. The molecule has 1 aliphatic rings. The Morgan fingerprint density at radius 3 is 2.64 bits per heavy atom. The lowest BCUT2D eigenvalue weighted by molar-refractivity contribution is 0.0490. The van der Waals surface area contributed by atoms with E-state index in [0.29, 0.717) is 5.82 Å². The fourth-order valence-electron chi connectivity index (χ4n) is 3.01. The molecule has 1 aliphatic heterocycles. The molecule has 2 atom stereocenters. The van der Waals surface area contributed by atoms with Crippen LogP contribution in [0, 0.1) is 6.92 Å². The third-order valence-electron chi connectivity index (χ3n) is 4.26. The minimum Gasteiger partial charge on any atom is -0.444 e. The molecule has 3 heterocycles. The second kappa shape index (κ2) is 6.87. The van der Waals surface area contributed by atoms with E-state index in [1.54, 1.807) is 49.4 Å². The van der Waals surface area contributed by atoms with E-state index >= 15 is 0 Å². The zero-order chi connectivity index (χ0) is 20.9. The van der Waals surface area contributed by atoms with Crippen LogP contribution in [0.15, 0.2) is 17.4 Å². The highest BCUT2D eigenvalue weighted by Gasteiger charge is 2.36. The van der Waals surface area contributed by atoms with E-state index in [4.69, 9.17) is 4.74 Å². The lowest BCUT2D eigenvalue weighted by Crippen LogP contribution is -2.44. The number of hydrogen-bond donors (Lipinski definition) is 1. The van der Waals surface area contributed by atoms with Gasteiger partial charge in [-0.05, 0) is 27.7 Å². The van der Waals surface area contributed by atoms with Crippen molar-refractivity contribution in [3.05, 3.63) is 18.1 Å². The first-order valence-corrected chi connectivity index (χ1v) is 10.7. The maximum Gasteiger partial charge on any atom is 0.408 e. The van der Waals surface area contributed by atoms with Crippen LogP contribution in [0.25, 0.3) is 5.65 Å². The number of anilines is 1. The van der Waals surface area contributed by atoms with Gasteiger partial charge in [-0.2, -0.15) is 0 Å². The Kier molecular flexibility index (Phi) is 4.98. The summed E-state index contributed by atoms with van der Waals surface area (Å²) in [5.41, 5.74) is 0.260. The van der Waals surface area contributed by atoms with Crippen molar-refractivity contribution in [1.29, 1.82) is 0 Å². The van der Waals surface area contributed by atoms with Gasteiger partial charge in [0, 0.05) is 24.7 Å². The third kappa shape index (κ3) is 4.18. The van der Waals surface area contributed by atoms with Gasteiger partial charge < -0.3 is 15.0 Å². The number of alkyl carbamates (subject to hydrolysis) is 1. The highest BCUT2D eigenvalue weighted by atomic mass is 32.2. The molecule has 0 bridgehead atoms. The first-order valence-electron chi connectivity index (χ1n) is 8.78. The van der Waals surface area contributed by atoms with Crippen molar-refractivity contribution in [2.24, 2.45) is 0 Å². The maximum absolute atomic E-state index is 14.5. The van der Waals surface area contributed by atoms with Crippen LogP contribution in [0.2, 0.25) is 0 Å². The minimum absolute atomic E-state index is 0.0318. The number of sulfone groups is 1. The Morgan fingerprint density at radius 2 is 2.04 bits per heavy atom. The number of aromatic nitrogens is 3. The second-order valence-corrected chi connectivity index (χ2v) is 9.87. The molecule has 154 valence electrons. The fraction of sp³-hybridized carbons (Fsp3) is 0.588. The van der Waals surface area contributed by atoms with Gasteiger partial charge in [0.25, 0.3) is 0 Å². The number of halogens is 1. The summed E-state index contributed by atoms with van der Waals surface area (Å²) in [6.07, 6.45) is 2.17. The summed E-state index contributed by atoms with van der Waals surface area (Å²) in [5.74, 6) is 0.296. The minimum atomic E-state index is -3.64. The average molecular weight is 413 g/mol. The molecule has 3 rings (SSSR count). The zero-order valence-corrected chi connectivity index (χ0v) is 17.2. The molecule has 1 amide bonds. The molecule has 2 aromatic heterocycles. The molecule has 1 saturated heterocycles. The second-order valence-electron chi connectivity index (χ2n) is 7.94. The molecule has 0 radical (unpaired) electrons. The van der Waals surface area contributed by atoms with E-state index in [1.165, 1.54) is 0 Å². The SMILES string of the molecule is Cc1cnc2c(S(C)(=O)=O)nc(N3C[C@@H](F)[C@H](NC(=O)OC(C)(C)C)C3)cn12. The molecule has 0 aromatic carbocycles. The zero-order valence-electron chi connectivity index (χ0n) is 16.4. The van der Waals surface area contributed by atoms with Gasteiger partial charge in [0.15, 0.2) is 15.5 Å². The molecule has 0 spiro atoms. The van der Waals surface area contributed by atoms with Gasteiger partial charge >= 0.3 is 6.09 Å². The van der Waals surface area contributed by atoms with E-state index in [1.807, 2.05) is 0 Å². The summed E-state index contributed by atoms with van der Waals surface area (Å²) in [7, 11) is -3.64. The number of carbonyl (C=O) groups is 1. The number of amides is 1. The predicted octanol–water partition coefficient (Wildman–Crippen LogP) is 1.49. The fourth-order valence-corrected chi connectivity index (χ4v) is 3.75. The maximum atomic E-state index is 14.5. The molecule has 28 heavy (non-hydrogen) atoms. The van der Waals surface area contributed by atoms with Crippen molar-refractivity contribution in [3.63, 3.8) is 0 Å². The van der Waals surface area contributed by atoms with Crippen LogP contribution in [0.3, 0.4) is 0 Å². The van der Waals surface area contributed by atoms with Crippen molar-refractivity contribution in [2.75, 3.05) is 24.2 Å². The molecule has 0 saturated carbocycles. The highest BCUT2D eigenvalue weighted by molar-refractivity contribution is 7.90. The molecule has 0 aliphatic carbocycles. The lowest BCUT2D eigenvalue weighted by Gasteiger charge is -2.22. The summed E-state index contributed by atoms with van der Waals surface area (Å²) in [4.78, 5) is 21.9. The van der Waals surface area contributed by atoms with Crippen molar-refractivity contribution in [2.45, 2.75) is 50.5 Å².